The van der Waals surface area contributed by atoms with Crippen LogP contribution >= 0.6 is 0 Å². The van der Waals surface area contributed by atoms with Gasteiger partial charge in [0.2, 0.25) is 0 Å². The molecule has 2 aromatic rings. The molecule has 0 aliphatic heterocycles. The second kappa shape index (κ2) is 6.83. The zero-order valence-electron chi connectivity index (χ0n) is 12.1. The molecule has 0 unspecified atom stereocenters. The number of anilines is 1. The standard InChI is InChI=1S/C14H18FN5O/c1-3-16-13-10(6-5-7-11(13)15)14(21)17-8-12-19-18-9-20(12)4-2/h5-7,9,16H,3-4,8H2,1-2H3,(H,17,21). The third kappa shape index (κ3) is 3.36. The van der Waals surface area contributed by atoms with E-state index in [1.807, 2.05) is 18.4 Å². The zero-order valence-corrected chi connectivity index (χ0v) is 12.1. The van der Waals surface area contributed by atoms with Gasteiger partial charge in [-0.05, 0) is 26.0 Å². The number of carbonyl (C=O) groups is 1. The summed E-state index contributed by atoms with van der Waals surface area (Å²) < 4.78 is 15.6. The van der Waals surface area contributed by atoms with Crippen molar-refractivity contribution in [2.75, 3.05) is 11.9 Å². The van der Waals surface area contributed by atoms with Crippen molar-refractivity contribution >= 4 is 11.6 Å². The van der Waals surface area contributed by atoms with Gasteiger partial charge >= 0.3 is 0 Å². The van der Waals surface area contributed by atoms with Crippen molar-refractivity contribution in [2.45, 2.75) is 26.9 Å². The van der Waals surface area contributed by atoms with Gasteiger partial charge in [0, 0.05) is 13.1 Å². The predicted molar refractivity (Wildman–Crippen MR) is 77.4 cm³/mol. The van der Waals surface area contributed by atoms with Gasteiger partial charge in [-0.2, -0.15) is 0 Å². The normalized spacial score (nSPS) is 10.4. The first-order chi connectivity index (χ1) is 10.2. The van der Waals surface area contributed by atoms with E-state index >= 15 is 0 Å². The lowest BCUT2D eigenvalue weighted by Gasteiger charge is -2.12. The average Bonchev–Trinajstić information content (AvgIpc) is 2.94. The molecule has 7 heteroatoms. The first-order valence-corrected chi connectivity index (χ1v) is 6.84. The Morgan fingerprint density at radius 1 is 1.38 bits per heavy atom. The number of aryl methyl sites for hydroxylation is 1. The molecule has 6 nitrogen and oxygen atoms in total. The molecule has 0 aliphatic rings. The zero-order chi connectivity index (χ0) is 15.2. The highest BCUT2D eigenvalue weighted by atomic mass is 19.1. The fourth-order valence-corrected chi connectivity index (χ4v) is 2.00. The van der Waals surface area contributed by atoms with Gasteiger partial charge in [0.05, 0.1) is 17.8 Å². The molecule has 0 bridgehead atoms. The number of hydrogen-bond acceptors (Lipinski definition) is 4. The summed E-state index contributed by atoms with van der Waals surface area (Å²) in [6, 6.07) is 4.42. The van der Waals surface area contributed by atoms with Crippen LogP contribution in [-0.4, -0.2) is 27.2 Å². The van der Waals surface area contributed by atoms with Crippen molar-refractivity contribution in [1.82, 2.24) is 20.1 Å². The number of nitrogens with one attached hydrogen (secondary N) is 2. The van der Waals surface area contributed by atoms with Crippen molar-refractivity contribution in [3.8, 4) is 0 Å². The maximum absolute atomic E-state index is 13.8. The second-order valence-corrected chi connectivity index (χ2v) is 4.41. The van der Waals surface area contributed by atoms with E-state index in [0.29, 0.717) is 12.4 Å². The fourth-order valence-electron chi connectivity index (χ4n) is 2.00. The SMILES string of the molecule is CCNc1c(F)cccc1C(=O)NCc1nncn1CC. The van der Waals surface area contributed by atoms with E-state index < -0.39 is 5.82 Å². The van der Waals surface area contributed by atoms with E-state index in [1.165, 1.54) is 12.1 Å². The number of nitrogens with zero attached hydrogens (tertiary/aromatic N) is 3. The van der Waals surface area contributed by atoms with Crippen LogP contribution in [0.25, 0.3) is 0 Å². The molecule has 2 rings (SSSR count). The summed E-state index contributed by atoms with van der Waals surface area (Å²) in [6.45, 7) is 5.31. The molecular formula is C14H18FN5O. The Bertz CT molecular complexity index is 626. The number of amides is 1. The fraction of sp³-hybridized carbons (Fsp3) is 0.357. The Balaban J connectivity index is 2.12. The second-order valence-electron chi connectivity index (χ2n) is 4.41. The summed E-state index contributed by atoms with van der Waals surface area (Å²) in [4.78, 5) is 12.2. The third-order valence-electron chi connectivity index (χ3n) is 3.06. The minimum absolute atomic E-state index is 0.217. The van der Waals surface area contributed by atoms with Crippen molar-refractivity contribution in [2.24, 2.45) is 0 Å². The van der Waals surface area contributed by atoms with Crippen molar-refractivity contribution < 1.29 is 9.18 Å². The van der Waals surface area contributed by atoms with Gasteiger partial charge in [-0.15, -0.1) is 10.2 Å². The van der Waals surface area contributed by atoms with Crippen LogP contribution in [0.4, 0.5) is 10.1 Å². The van der Waals surface area contributed by atoms with Crippen molar-refractivity contribution in [3.05, 3.63) is 41.7 Å². The quantitative estimate of drug-likeness (QED) is 0.851. The molecule has 1 aromatic carbocycles. The first kappa shape index (κ1) is 15.0. The Morgan fingerprint density at radius 3 is 2.90 bits per heavy atom. The van der Waals surface area contributed by atoms with Crippen LogP contribution in [0.15, 0.2) is 24.5 Å². The molecular weight excluding hydrogens is 273 g/mol. The maximum atomic E-state index is 13.8. The number of carbonyl (C=O) groups excluding carboxylic acids is 1. The number of rotatable bonds is 6. The molecule has 0 atom stereocenters. The molecule has 0 saturated heterocycles. The van der Waals surface area contributed by atoms with Gasteiger partial charge in [0.15, 0.2) is 5.82 Å². The molecule has 1 amide bonds. The number of para-hydroxylation sites is 1. The smallest absolute Gasteiger partial charge is 0.253 e. The Labute approximate surface area is 122 Å². The van der Waals surface area contributed by atoms with Gasteiger partial charge in [0.1, 0.15) is 12.1 Å². The summed E-state index contributed by atoms with van der Waals surface area (Å²) in [5.74, 6) is -0.135. The molecule has 0 radical (unpaired) electrons. The largest absolute Gasteiger partial charge is 0.382 e. The lowest BCUT2D eigenvalue weighted by molar-refractivity contribution is 0.0950. The minimum Gasteiger partial charge on any atom is -0.382 e. The van der Waals surface area contributed by atoms with Gasteiger partial charge in [0.25, 0.3) is 5.91 Å². The Kier molecular flexibility index (Phi) is 4.86. The van der Waals surface area contributed by atoms with Gasteiger partial charge < -0.3 is 15.2 Å². The first-order valence-electron chi connectivity index (χ1n) is 6.84. The molecule has 0 fully saturated rings. The summed E-state index contributed by atoms with van der Waals surface area (Å²) in [7, 11) is 0. The van der Waals surface area contributed by atoms with Crippen molar-refractivity contribution in [1.29, 1.82) is 0 Å². The van der Waals surface area contributed by atoms with E-state index in [9.17, 15) is 9.18 Å². The van der Waals surface area contributed by atoms with E-state index in [2.05, 4.69) is 20.8 Å². The number of aromatic nitrogens is 3. The van der Waals surface area contributed by atoms with Crippen LogP contribution in [0.1, 0.15) is 30.0 Å². The summed E-state index contributed by atoms with van der Waals surface area (Å²) in [5.41, 5.74) is 0.494. The van der Waals surface area contributed by atoms with Crippen LogP contribution in [0.3, 0.4) is 0 Å². The highest BCUT2D eigenvalue weighted by Gasteiger charge is 2.15. The van der Waals surface area contributed by atoms with E-state index in [1.54, 1.807) is 12.4 Å². The molecule has 1 heterocycles. The number of halogens is 1. The lowest BCUT2D eigenvalue weighted by Crippen LogP contribution is -2.26. The molecule has 112 valence electrons. The van der Waals surface area contributed by atoms with Gasteiger partial charge in [-0.3, -0.25) is 4.79 Å². The number of hydrogen-bond donors (Lipinski definition) is 2. The van der Waals surface area contributed by atoms with E-state index in [0.717, 1.165) is 6.54 Å². The molecule has 0 saturated carbocycles. The molecule has 0 aliphatic carbocycles. The van der Waals surface area contributed by atoms with E-state index in [-0.39, 0.29) is 23.7 Å². The van der Waals surface area contributed by atoms with Crippen LogP contribution < -0.4 is 10.6 Å². The van der Waals surface area contributed by atoms with Crippen molar-refractivity contribution in [3.63, 3.8) is 0 Å². The minimum atomic E-state index is -0.443. The van der Waals surface area contributed by atoms with Crippen LogP contribution in [0.2, 0.25) is 0 Å². The van der Waals surface area contributed by atoms with Crippen LogP contribution in [0.5, 0.6) is 0 Å². The van der Waals surface area contributed by atoms with Gasteiger partial charge in [-0.1, -0.05) is 6.07 Å². The van der Waals surface area contributed by atoms with E-state index in [4.69, 9.17) is 0 Å². The monoisotopic (exact) mass is 291 g/mol. The summed E-state index contributed by atoms with van der Waals surface area (Å²) in [5, 5.41) is 13.3. The predicted octanol–water partition coefficient (Wildman–Crippen LogP) is 1.80. The lowest BCUT2D eigenvalue weighted by atomic mass is 10.1. The van der Waals surface area contributed by atoms with Crippen LogP contribution in [0, 0.1) is 5.82 Å². The Morgan fingerprint density at radius 2 is 2.19 bits per heavy atom. The van der Waals surface area contributed by atoms with Crippen LogP contribution in [-0.2, 0) is 13.1 Å². The topological polar surface area (TPSA) is 71.8 Å². The average molecular weight is 291 g/mol. The third-order valence-corrected chi connectivity index (χ3v) is 3.06. The maximum Gasteiger partial charge on any atom is 0.253 e. The Hall–Kier alpha value is -2.44. The molecule has 0 spiro atoms. The molecule has 1 aromatic heterocycles. The number of benzene rings is 1. The summed E-state index contributed by atoms with van der Waals surface area (Å²) >= 11 is 0. The molecule has 2 N–H and O–H groups in total. The summed E-state index contributed by atoms with van der Waals surface area (Å²) in [6.07, 6.45) is 1.60. The molecule has 21 heavy (non-hydrogen) atoms. The highest BCUT2D eigenvalue weighted by Crippen LogP contribution is 2.19. The highest BCUT2D eigenvalue weighted by molar-refractivity contribution is 5.99. The van der Waals surface area contributed by atoms with Gasteiger partial charge in [-0.25, -0.2) is 4.39 Å².